The fourth-order valence-corrected chi connectivity index (χ4v) is 1.55. The van der Waals surface area contributed by atoms with Crippen molar-refractivity contribution in [2.45, 2.75) is 27.1 Å². The molecule has 1 aliphatic heterocycles. The maximum absolute atomic E-state index is 9.80. The van der Waals surface area contributed by atoms with Gasteiger partial charge >= 0.3 is 0 Å². The summed E-state index contributed by atoms with van der Waals surface area (Å²) in [5, 5.41) is 9.80. The van der Waals surface area contributed by atoms with Gasteiger partial charge in [-0.25, -0.2) is 4.99 Å². The third-order valence-electron chi connectivity index (χ3n) is 2.35. The Morgan fingerprint density at radius 2 is 1.93 bits per heavy atom. The molecule has 0 aromatic heterocycles. The molecule has 1 N–H and O–H groups in total. The van der Waals surface area contributed by atoms with Gasteiger partial charge in [0.25, 0.3) is 0 Å². The molecule has 3 nitrogen and oxygen atoms in total. The molecular weight excluding hydrogens is 190 g/mol. The van der Waals surface area contributed by atoms with Gasteiger partial charge in [0.05, 0.1) is 5.71 Å². The molecule has 1 unspecified atom stereocenters. The number of hydrogen-bond donors (Lipinski definition) is 1. The van der Waals surface area contributed by atoms with Crippen LogP contribution in [0.25, 0.3) is 0 Å². The van der Waals surface area contributed by atoms with E-state index in [0.29, 0.717) is 11.5 Å². The molecule has 15 heavy (non-hydrogen) atoms. The summed E-state index contributed by atoms with van der Waals surface area (Å²) in [6, 6.07) is 7.46. The Hall–Kier alpha value is -1.35. The monoisotopic (exact) mass is 205 g/mol. The van der Waals surface area contributed by atoms with Gasteiger partial charge in [0.1, 0.15) is 11.4 Å². The van der Waals surface area contributed by atoms with E-state index in [1.807, 2.05) is 45.0 Å². The van der Waals surface area contributed by atoms with Crippen LogP contribution in [-0.4, -0.2) is 17.1 Å². The summed E-state index contributed by atoms with van der Waals surface area (Å²) < 4.78 is 5.40. The third-order valence-corrected chi connectivity index (χ3v) is 2.35. The number of para-hydroxylation sites is 2. The normalized spacial score (nSPS) is 20.3. The van der Waals surface area contributed by atoms with Gasteiger partial charge in [-0.05, 0) is 12.1 Å². The summed E-state index contributed by atoms with van der Waals surface area (Å²) in [5.41, 5.74) is 1.27. The molecule has 1 heterocycles. The van der Waals surface area contributed by atoms with Gasteiger partial charge in [-0.2, -0.15) is 0 Å². The van der Waals surface area contributed by atoms with Crippen LogP contribution in [0.15, 0.2) is 29.3 Å². The van der Waals surface area contributed by atoms with E-state index in [1.165, 1.54) is 0 Å². The number of fused-ring (bicyclic) bond motifs is 1. The van der Waals surface area contributed by atoms with Gasteiger partial charge in [-0.1, -0.05) is 32.9 Å². The zero-order valence-electron chi connectivity index (χ0n) is 9.19. The highest BCUT2D eigenvalue weighted by atomic mass is 16.6. The van der Waals surface area contributed by atoms with Crippen molar-refractivity contribution in [1.29, 1.82) is 0 Å². The Morgan fingerprint density at radius 1 is 1.27 bits per heavy atom. The topological polar surface area (TPSA) is 41.8 Å². The maximum atomic E-state index is 9.80. The molecule has 1 aliphatic rings. The van der Waals surface area contributed by atoms with E-state index in [2.05, 4.69) is 4.99 Å². The fraction of sp³-hybridized carbons (Fsp3) is 0.417. The van der Waals surface area contributed by atoms with Crippen LogP contribution in [0.1, 0.15) is 20.8 Å². The Morgan fingerprint density at radius 3 is 2.60 bits per heavy atom. The first-order valence-electron chi connectivity index (χ1n) is 5.01. The summed E-state index contributed by atoms with van der Waals surface area (Å²) in [4.78, 5) is 4.44. The van der Waals surface area contributed by atoms with Gasteiger partial charge in [0.15, 0.2) is 0 Å². The minimum atomic E-state index is -0.931. The Bertz CT molecular complexity index is 404. The van der Waals surface area contributed by atoms with E-state index < -0.39 is 6.29 Å². The smallest absolute Gasteiger partial charge is 0.238 e. The van der Waals surface area contributed by atoms with Crippen molar-refractivity contribution >= 4 is 11.4 Å². The standard InChI is InChI=1S/C12H15NO2/c1-12(2,3)10-11(14)15-9-7-5-4-6-8(9)13-10/h4-7,11,14H,1-3H3. The summed E-state index contributed by atoms with van der Waals surface area (Å²) in [5.74, 6) is 0.637. The predicted molar refractivity (Wildman–Crippen MR) is 59.6 cm³/mol. The molecule has 0 amide bonds. The van der Waals surface area contributed by atoms with Crippen LogP contribution >= 0.6 is 0 Å². The highest BCUT2D eigenvalue weighted by molar-refractivity contribution is 5.95. The van der Waals surface area contributed by atoms with Crippen LogP contribution in [0.5, 0.6) is 5.75 Å². The SMILES string of the molecule is CC(C)(C)C1=Nc2ccccc2OC1O. The largest absolute Gasteiger partial charge is 0.457 e. The first-order valence-corrected chi connectivity index (χ1v) is 5.01. The van der Waals surface area contributed by atoms with Crippen LogP contribution in [0.4, 0.5) is 5.69 Å². The number of nitrogens with zero attached hydrogens (tertiary/aromatic N) is 1. The van der Waals surface area contributed by atoms with Crippen LogP contribution in [-0.2, 0) is 0 Å². The van der Waals surface area contributed by atoms with Crippen LogP contribution in [0, 0.1) is 5.41 Å². The number of aliphatic hydroxyl groups excluding tert-OH is 1. The van der Waals surface area contributed by atoms with Crippen molar-refractivity contribution in [1.82, 2.24) is 0 Å². The van der Waals surface area contributed by atoms with Gasteiger partial charge < -0.3 is 9.84 Å². The van der Waals surface area contributed by atoms with E-state index in [0.717, 1.165) is 5.69 Å². The average molecular weight is 205 g/mol. The fourth-order valence-electron chi connectivity index (χ4n) is 1.55. The lowest BCUT2D eigenvalue weighted by Gasteiger charge is -2.29. The highest BCUT2D eigenvalue weighted by Crippen LogP contribution is 2.35. The molecule has 0 bridgehead atoms. The number of ether oxygens (including phenoxy) is 1. The number of rotatable bonds is 0. The molecule has 1 aromatic rings. The van der Waals surface area contributed by atoms with Crippen LogP contribution < -0.4 is 4.74 Å². The van der Waals surface area contributed by atoms with E-state index >= 15 is 0 Å². The second-order valence-electron chi connectivity index (χ2n) is 4.68. The lowest BCUT2D eigenvalue weighted by atomic mass is 9.89. The second-order valence-corrected chi connectivity index (χ2v) is 4.68. The lowest BCUT2D eigenvalue weighted by Crippen LogP contribution is -2.38. The predicted octanol–water partition coefficient (Wildman–Crippen LogP) is 2.52. The minimum Gasteiger partial charge on any atom is -0.457 e. The van der Waals surface area contributed by atoms with Crippen molar-refractivity contribution in [3.8, 4) is 5.75 Å². The van der Waals surface area contributed by atoms with Crippen molar-refractivity contribution in [3.05, 3.63) is 24.3 Å². The van der Waals surface area contributed by atoms with Gasteiger partial charge in [0, 0.05) is 5.41 Å². The highest BCUT2D eigenvalue weighted by Gasteiger charge is 2.31. The molecule has 0 aliphatic carbocycles. The molecule has 2 rings (SSSR count). The molecule has 0 saturated heterocycles. The molecule has 0 saturated carbocycles. The van der Waals surface area contributed by atoms with Crippen LogP contribution in [0.3, 0.4) is 0 Å². The molecule has 0 fully saturated rings. The maximum Gasteiger partial charge on any atom is 0.238 e. The molecule has 0 spiro atoms. The Labute approximate surface area is 89.4 Å². The first-order chi connectivity index (χ1) is 6.98. The molecule has 80 valence electrons. The van der Waals surface area contributed by atoms with Crippen molar-refractivity contribution < 1.29 is 9.84 Å². The molecule has 1 atom stereocenters. The number of aliphatic imine (C=N–C) groups is 1. The van der Waals surface area contributed by atoms with Crippen molar-refractivity contribution in [2.75, 3.05) is 0 Å². The third kappa shape index (κ3) is 1.88. The second kappa shape index (κ2) is 3.35. The lowest BCUT2D eigenvalue weighted by molar-refractivity contribution is 0.0329. The van der Waals surface area contributed by atoms with Gasteiger partial charge in [0.2, 0.25) is 6.29 Å². The quantitative estimate of drug-likeness (QED) is 0.707. The summed E-state index contributed by atoms with van der Waals surface area (Å²) >= 11 is 0. The number of benzene rings is 1. The molecule has 1 aromatic carbocycles. The Balaban J connectivity index is 2.48. The summed E-state index contributed by atoms with van der Waals surface area (Å²) in [6.45, 7) is 6.02. The van der Waals surface area contributed by atoms with Gasteiger partial charge in [-0.15, -0.1) is 0 Å². The zero-order chi connectivity index (χ0) is 11.1. The first kappa shape index (κ1) is 10.2. The van der Waals surface area contributed by atoms with E-state index in [-0.39, 0.29) is 5.41 Å². The van der Waals surface area contributed by atoms with E-state index in [9.17, 15) is 5.11 Å². The minimum absolute atomic E-state index is 0.188. The molecule has 3 heteroatoms. The van der Waals surface area contributed by atoms with E-state index in [4.69, 9.17) is 4.74 Å². The van der Waals surface area contributed by atoms with Crippen molar-refractivity contribution in [3.63, 3.8) is 0 Å². The molecule has 0 radical (unpaired) electrons. The van der Waals surface area contributed by atoms with Crippen LogP contribution in [0.2, 0.25) is 0 Å². The number of aliphatic hydroxyl groups is 1. The van der Waals surface area contributed by atoms with Crippen molar-refractivity contribution in [2.24, 2.45) is 10.4 Å². The Kier molecular flexibility index (Phi) is 2.27. The average Bonchev–Trinajstić information content (AvgIpc) is 2.15. The number of hydrogen-bond acceptors (Lipinski definition) is 3. The van der Waals surface area contributed by atoms with Gasteiger partial charge in [-0.3, -0.25) is 0 Å². The summed E-state index contributed by atoms with van der Waals surface area (Å²) in [6.07, 6.45) is -0.931. The molecular formula is C12H15NO2. The zero-order valence-corrected chi connectivity index (χ0v) is 9.19. The summed E-state index contributed by atoms with van der Waals surface area (Å²) in [7, 11) is 0. The van der Waals surface area contributed by atoms with E-state index in [1.54, 1.807) is 0 Å².